The summed E-state index contributed by atoms with van der Waals surface area (Å²) in [5, 5.41) is 4.16. The monoisotopic (exact) mass is 247 g/mol. The molecule has 2 N–H and O–H groups in total. The van der Waals surface area contributed by atoms with Crippen molar-refractivity contribution >= 4 is 11.5 Å². The van der Waals surface area contributed by atoms with Crippen molar-refractivity contribution < 1.29 is 0 Å². The smallest absolute Gasteiger partial charge is 0.0807 e. The van der Waals surface area contributed by atoms with Crippen LogP contribution in [0.5, 0.6) is 0 Å². The SMILES string of the molecule is CCCc1nnsc1C(N)c1ccc(C)cc1. The van der Waals surface area contributed by atoms with Crippen molar-refractivity contribution in [3.63, 3.8) is 0 Å². The number of hydrogen-bond acceptors (Lipinski definition) is 4. The van der Waals surface area contributed by atoms with Crippen LogP contribution in [0, 0.1) is 6.92 Å². The third kappa shape index (κ3) is 2.70. The first-order valence-corrected chi connectivity index (χ1v) is 6.63. The normalized spacial score (nSPS) is 12.6. The number of nitrogens with zero attached hydrogens (tertiary/aromatic N) is 2. The summed E-state index contributed by atoms with van der Waals surface area (Å²) in [4.78, 5) is 1.09. The van der Waals surface area contributed by atoms with Gasteiger partial charge in [0.15, 0.2) is 0 Å². The van der Waals surface area contributed by atoms with Crippen molar-refractivity contribution in [3.8, 4) is 0 Å². The summed E-state index contributed by atoms with van der Waals surface area (Å²) < 4.78 is 4.02. The van der Waals surface area contributed by atoms with Crippen LogP contribution in [0.15, 0.2) is 24.3 Å². The lowest BCUT2D eigenvalue weighted by Crippen LogP contribution is -2.12. The molecule has 0 aliphatic heterocycles. The lowest BCUT2D eigenvalue weighted by atomic mass is 10.0. The standard InChI is InChI=1S/C13H17N3S/c1-3-4-11-13(17-16-15-11)12(14)10-7-5-9(2)6-8-10/h5-8,12H,3-4,14H2,1-2H3. The molecular weight excluding hydrogens is 230 g/mol. The molecule has 1 unspecified atom stereocenters. The van der Waals surface area contributed by atoms with E-state index in [1.165, 1.54) is 17.1 Å². The maximum Gasteiger partial charge on any atom is 0.0807 e. The summed E-state index contributed by atoms with van der Waals surface area (Å²) in [7, 11) is 0. The molecule has 0 spiro atoms. The van der Waals surface area contributed by atoms with E-state index in [0.717, 1.165) is 29.0 Å². The van der Waals surface area contributed by atoms with Crippen molar-refractivity contribution in [2.24, 2.45) is 5.73 Å². The lowest BCUT2D eigenvalue weighted by Gasteiger charge is -2.11. The highest BCUT2D eigenvalue weighted by molar-refractivity contribution is 7.05. The third-order valence-electron chi connectivity index (χ3n) is 2.79. The van der Waals surface area contributed by atoms with Gasteiger partial charge in [-0.15, -0.1) is 5.10 Å². The van der Waals surface area contributed by atoms with Crippen LogP contribution in [0.3, 0.4) is 0 Å². The van der Waals surface area contributed by atoms with E-state index in [1.807, 2.05) is 0 Å². The van der Waals surface area contributed by atoms with Crippen LogP contribution in [-0.4, -0.2) is 9.59 Å². The molecule has 0 amide bonds. The summed E-state index contributed by atoms with van der Waals surface area (Å²) in [6.45, 7) is 4.21. The molecule has 0 fully saturated rings. The van der Waals surface area contributed by atoms with Crippen LogP contribution >= 0.6 is 11.5 Å². The Balaban J connectivity index is 2.26. The minimum atomic E-state index is -0.0999. The van der Waals surface area contributed by atoms with E-state index in [9.17, 15) is 0 Å². The predicted molar refractivity (Wildman–Crippen MR) is 71.1 cm³/mol. The largest absolute Gasteiger partial charge is 0.320 e. The molecule has 1 aromatic heterocycles. The van der Waals surface area contributed by atoms with Crippen LogP contribution in [0.25, 0.3) is 0 Å². The Labute approximate surface area is 106 Å². The summed E-state index contributed by atoms with van der Waals surface area (Å²) in [5.74, 6) is 0. The van der Waals surface area contributed by atoms with E-state index in [0.29, 0.717) is 0 Å². The number of hydrogen-bond donors (Lipinski definition) is 1. The molecule has 0 saturated heterocycles. The molecule has 2 rings (SSSR count). The quantitative estimate of drug-likeness (QED) is 0.904. The van der Waals surface area contributed by atoms with Gasteiger partial charge in [0.1, 0.15) is 0 Å². The zero-order valence-electron chi connectivity index (χ0n) is 10.2. The second-order valence-electron chi connectivity index (χ2n) is 4.22. The first-order valence-electron chi connectivity index (χ1n) is 5.85. The maximum absolute atomic E-state index is 6.27. The maximum atomic E-state index is 6.27. The molecule has 1 aromatic carbocycles. The minimum absolute atomic E-state index is 0.0999. The molecule has 1 heterocycles. The van der Waals surface area contributed by atoms with Gasteiger partial charge in [-0.05, 0) is 30.4 Å². The first-order chi connectivity index (χ1) is 8.22. The molecule has 4 heteroatoms. The Hall–Kier alpha value is -1.26. The summed E-state index contributed by atoms with van der Waals surface area (Å²) >= 11 is 1.41. The average molecular weight is 247 g/mol. The molecule has 90 valence electrons. The zero-order valence-corrected chi connectivity index (χ0v) is 11.0. The van der Waals surface area contributed by atoms with E-state index in [4.69, 9.17) is 5.73 Å². The molecule has 3 nitrogen and oxygen atoms in total. The number of aromatic nitrogens is 2. The molecule has 0 saturated carbocycles. The van der Waals surface area contributed by atoms with E-state index in [-0.39, 0.29) is 6.04 Å². The molecular formula is C13H17N3S. The summed E-state index contributed by atoms with van der Waals surface area (Å²) in [5.41, 5.74) is 9.69. The van der Waals surface area contributed by atoms with Crippen LogP contribution in [0.4, 0.5) is 0 Å². The Morgan fingerprint density at radius 3 is 2.65 bits per heavy atom. The second-order valence-corrected chi connectivity index (χ2v) is 5.01. The van der Waals surface area contributed by atoms with Crippen LogP contribution < -0.4 is 5.73 Å². The molecule has 2 aromatic rings. The summed E-state index contributed by atoms with van der Waals surface area (Å²) in [6.07, 6.45) is 2.02. The highest BCUT2D eigenvalue weighted by Gasteiger charge is 2.16. The van der Waals surface area contributed by atoms with E-state index in [1.54, 1.807) is 0 Å². The fourth-order valence-electron chi connectivity index (χ4n) is 1.79. The fraction of sp³-hybridized carbons (Fsp3) is 0.385. The number of benzene rings is 1. The van der Waals surface area contributed by atoms with Gasteiger partial charge in [0, 0.05) is 0 Å². The Morgan fingerprint density at radius 2 is 2.00 bits per heavy atom. The number of nitrogens with two attached hydrogens (primary N) is 1. The van der Waals surface area contributed by atoms with Gasteiger partial charge in [-0.1, -0.05) is 47.7 Å². The fourth-order valence-corrected chi connectivity index (χ4v) is 2.51. The van der Waals surface area contributed by atoms with Crippen LogP contribution in [0.2, 0.25) is 0 Å². The van der Waals surface area contributed by atoms with Crippen LogP contribution in [0.1, 0.15) is 41.1 Å². The second kappa shape index (κ2) is 5.38. The highest BCUT2D eigenvalue weighted by Crippen LogP contribution is 2.25. The molecule has 0 aliphatic carbocycles. The Bertz CT molecular complexity index is 476. The van der Waals surface area contributed by atoms with E-state index < -0.39 is 0 Å². The van der Waals surface area contributed by atoms with Gasteiger partial charge in [-0.3, -0.25) is 0 Å². The Morgan fingerprint density at radius 1 is 1.29 bits per heavy atom. The lowest BCUT2D eigenvalue weighted by molar-refractivity contribution is 0.814. The van der Waals surface area contributed by atoms with Crippen molar-refractivity contribution in [1.82, 2.24) is 9.59 Å². The molecule has 1 atom stereocenters. The molecule has 0 aliphatic rings. The van der Waals surface area contributed by atoms with E-state index in [2.05, 4.69) is 47.7 Å². The van der Waals surface area contributed by atoms with Crippen molar-refractivity contribution in [1.29, 1.82) is 0 Å². The van der Waals surface area contributed by atoms with Crippen molar-refractivity contribution in [3.05, 3.63) is 46.0 Å². The number of rotatable bonds is 4. The van der Waals surface area contributed by atoms with Crippen LogP contribution in [-0.2, 0) is 6.42 Å². The van der Waals surface area contributed by atoms with Gasteiger partial charge in [-0.2, -0.15) is 0 Å². The predicted octanol–water partition coefficient (Wildman–Crippen LogP) is 2.85. The molecule has 17 heavy (non-hydrogen) atoms. The summed E-state index contributed by atoms with van der Waals surface area (Å²) in [6, 6.07) is 8.23. The van der Waals surface area contributed by atoms with Gasteiger partial charge in [-0.25, -0.2) is 0 Å². The van der Waals surface area contributed by atoms with Gasteiger partial charge < -0.3 is 5.73 Å². The van der Waals surface area contributed by atoms with Gasteiger partial charge in [0.2, 0.25) is 0 Å². The minimum Gasteiger partial charge on any atom is -0.320 e. The van der Waals surface area contributed by atoms with E-state index >= 15 is 0 Å². The number of aryl methyl sites for hydroxylation is 2. The van der Waals surface area contributed by atoms with Crippen molar-refractivity contribution in [2.75, 3.05) is 0 Å². The zero-order chi connectivity index (χ0) is 12.3. The van der Waals surface area contributed by atoms with Crippen molar-refractivity contribution in [2.45, 2.75) is 32.7 Å². The van der Waals surface area contributed by atoms with Gasteiger partial charge >= 0.3 is 0 Å². The van der Waals surface area contributed by atoms with Gasteiger partial charge in [0.25, 0.3) is 0 Å². The highest BCUT2D eigenvalue weighted by atomic mass is 32.1. The Kier molecular flexibility index (Phi) is 3.86. The topological polar surface area (TPSA) is 51.8 Å². The van der Waals surface area contributed by atoms with Gasteiger partial charge in [0.05, 0.1) is 16.6 Å². The molecule has 0 bridgehead atoms. The average Bonchev–Trinajstić information content (AvgIpc) is 2.78. The third-order valence-corrected chi connectivity index (χ3v) is 3.64. The first kappa shape index (κ1) is 12.2. The molecule has 0 radical (unpaired) electrons.